The van der Waals surface area contributed by atoms with Gasteiger partial charge < -0.3 is 5.11 Å². The molecule has 11 heteroatoms. The number of imide groups is 2. The summed E-state index contributed by atoms with van der Waals surface area (Å²) in [6.45, 7) is 0. The molecule has 1 saturated carbocycles. The Kier molecular flexibility index (Phi) is 5.22. The minimum absolute atomic E-state index is 0.0712. The molecule has 33 heavy (non-hydrogen) atoms. The smallest absolute Gasteiger partial charge is 0.254 e. The highest BCUT2D eigenvalue weighted by Crippen LogP contribution is 2.66. The van der Waals surface area contributed by atoms with Crippen LogP contribution in [-0.4, -0.2) is 60.8 Å². The number of hydrogen-bond donors (Lipinski definition) is 1. The van der Waals surface area contributed by atoms with Crippen molar-refractivity contribution in [2.24, 2.45) is 17.8 Å². The van der Waals surface area contributed by atoms with Gasteiger partial charge in [-0.15, -0.1) is 23.2 Å². The zero-order chi connectivity index (χ0) is 24.0. The zero-order valence-corrected chi connectivity index (χ0v) is 21.1. The van der Waals surface area contributed by atoms with Gasteiger partial charge in [0.2, 0.25) is 11.8 Å². The summed E-state index contributed by atoms with van der Waals surface area (Å²) in [5, 5.41) is 10.0. The van der Waals surface area contributed by atoms with E-state index in [1.807, 2.05) is 6.08 Å². The van der Waals surface area contributed by atoms with Crippen LogP contribution in [0.1, 0.15) is 24.3 Å². The van der Waals surface area contributed by atoms with E-state index in [2.05, 4.69) is 15.9 Å². The number of amides is 4. The molecule has 6 unspecified atom stereocenters. The van der Waals surface area contributed by atoms with Crippen molar-refractivity contribution in [3.8, 4) is 5.75 Å². The molecule has 2 heterocycles. The maximum Gasteiger partial charge on any atom is 0.254 e. The fourth-order valence-corrected chi connectivity index (χ4v) is 7.71. The van der Waals surface area contributed by atoms with E-state index in [-0.39, 0.29) is 34.5 Å². The van der Waals surface area contributed by atoms with Gasteiger partial charge in [0, 0.05) is 18.0 Å². The molecule has 5 rings (SSSR count). The fraction of sp³-hybridized carbons (Fsp3) is 0.455. The van der Waals surface area contributed by atoms with Crippen molar-refractivity contribution in [2.75, 3.05) is 12.5 Å². The SMILES string of the molecule is CN1C(=O)C2CC=C3C(CC4(Cl)C(=O)N(CBr)C(=O)C4(Cl)C3c3ccc(O)cc3Cl)C2C1=O. The first-order valence-corrected chi connectivity index (χ1v) is 12.5. The van der Waals surface area contributed by atoms with Crippen LogP contribution in [0.3, 0.4) is 0 Å². The summed E-state index contributed by atoms with van der Waals surface area (Å²) in [5.74, 6) is -4.82. The van der Waals surface area contributed by atoms with Crippen molar-refractivity contribution >= 4 is 74.4 Å². The highest BCUT2D eigenvalue weighted by Gasteiger charge is 2.76. The van der Waals surface area contributed by atoms with E-state index in [0.717, 1.165) is 9.80 Å². The average Bonchev–Trinajstić information content (AvgIpc) is 3.07. The maximum atomic E-state index is 13.6. The third-order valence-electron chi connectivity index (χ3n) is 7.53. The monoisotopic (exact) mass is 574 g/mol. The van der Waals surface area contributed by atoms with Gasteiger partial charge in [-0.05, 0) is 36.5 Å². The van der Waals surface area contributed by atoms with Gasteiger partial charge >= 0.3 is 0 Å². The van der Waals surface area contributed by atoms with Crippen LogP contribution < -0.4 is 0 Å². The Morgan fingerprint density at radius 2 is 1.82 bits per heavy atom. The van der Waals surface area contributed by atoms with Gasteiger partial charge in [-0.25, -0.2) is 0 Å². The topological polar surface area (TPSA) is 95.0 Å². The van der Waals surface area contributed by atoms with Gasteiger partial charge in [0.25, 0.3) is 11.8 Å². The number of alkyl halides is 3. The third kappa shape index (κ3) is 2.75. The second kappa shape index (κ2) is 7.44. The normalized spacial score (nSPS) is 37.8. The van der Waals surface area contributed by atoms with Gasteiger partial charge in [-0.1, -0.05) is 45.2 Å². The second-order valence-corrected chi connectivity index (χ2v) is 11.1. The van der Waals surface area contributed by atoms with E-state index in [0.29, 0.717) is 17.6 Å². The number of aromatic hydroxyl groups is 1. The van der Waals surface area contributed by atoms with Gasteiger partial charge in [0.05, 0.1) is 17.3 Å². The number of hydrogen-bond acceptors (Lipinski definition) is 5. The first-order valence-electron chi connectivity index (χ1n) is 10.3. The molecule has 4 amide bonds. The highest BCUT2D eigenvalue weighted by atomic mass is 79.9. The Balaban J connectivity index is 1.77. The Morgan fingerprint density at radius 3 is 2.45 bits per heavy atom. The first-order chi connectivity index (χ1) is 15.5. The Labute approximate surface area is 212 Å². The Hall–Kier alpha value is -1.61. The van der Waals surface area contributed by atoms with Gasteiger partial charge in [0.15, 0.2) is 9.75 Å². The molecule has 174 valence electrons. The van der Waals surface area contributed by atoms with Crippen LogP contribution in [0.4, 0.5) is 0 Å². The lowest BCUT2D eigenvalue weighted by Crippen LogP contribution is -2.60. The summed E-state index contributed by atoms with van der Waals surface area (Å²) in [7, 11) is 1.44. The maximum absolute atomic E-state index is 13.6. The Morgan fingerprint density at radius 1 is 1.12 bits per heavy atom. The van der Waals surface area contributed by atoms with Crippen molar-refractivity contribution < 1.29 is 24.3 Å². The molecule has 1 N–H and O–H groups in total. The lowest BCUT2D eigenvalue weighted by Gasteiger charge is -2.51. The summed E-state index contributed by atoms with van der Waals surface area (Å²) in [6.07, 6.45) is 2.06. The van der Waals surface area contributed by atoms with Crippen molar-refractivity contribution in [3.05, 3.63) is 40.4 Å². The number of benzene rings is 1. The largest absolute Gasteiger partial charge is 0.508 e. The van der Waals surface area contributed by atoms with Crippen LogP contribution >= 0.6 is 50.7 Å². The van der Waals surface area contributed by atoms with Gasteiger partial charge in [0.1, 0.15) is 5.75 Å². The van der Waals surface area contributed by atoms with E-state index >= 15 is 0 Å². The van der Waals surface area contributed by atoms with E-state index < -0.39 is 45.2 Å². The number of phenols is 1. The van der Waals surface area contributed by atoms with Crippen LogP contribution in [0.5, 0.6) is 5.75 Å². The molecule has 0 radical (unpaired) electrons. The number of carbonyl (C=O) groups is 4. The molecule has 4 aliphatic rings. The molecule has 1 aromatic rings. The molecule has 2 aliphatic carbocycles. The number of phenolic OH excluding ortho intramolecular Hbond substituents is 1. The van der Waals surface area contributed by atoms with Crippen LogP contribution in [0.2, 0.25) is 5.02 Å². The second-order valence-electron chi connectivity index (χ2n) is 8.93. The lowest BCUT2D eigenvalue weighted by atomic mass is 9.56. The first kappa shape index (κ1) is 23.1. The zero-order valence-electron chi connectivity index (χ0n) is 17.2. The quantitative estimate of drug-likeness (QED) is 0.252. The average molecular weight is 577 g/mol. The van der Waals surface area contributed by atoms with Crippen LogP contribution in [-0.2, 0) is 19.2 Å². The van der Waals surface area contributed by atoms with E-state index in [4.69, 9.17) is 34.8 Å². The molecule has 7 nitrogen and oxygen atoms in total. The number of carbonyl (C=O) groups excluding carboxylic acids is 4. The molecular formula is C22H18BrCl3N2O5. The number of nitrogens with zero attached hydrogens (tertiary/aromatic N) is 2. The number of fused-ring (bicyclic) bond motifs is 4. The molecule has 6 atom stereocenters. The minimum atomic E-state index is -1.91. The summed E-state index contributed by atoms with van der Waals surface area (Å²) in [6, 6.07) is 4.28. The van der Waals surface area contributed by atoms with Crippen molar-refractivity contribution in [3.63, 3.8) is 0 Å². The van der Waals surface area contributed by atoms with Crippen LogP contribution in [0.25, 0.3) is 0 Å². The molecular weight excluding hydrogens is 559 g/mol. The van der Waals surface area contributed by atoms with E-state index in [1.54, 1.807) is 6.07 Å². The predicted molar refractivity (Wildman–Crippen MR) is 124 cm³/mol. The molecule has 3 fully saturated rings. The molecule has 1 aromatic carbocycles. The number of halogens is 4. The lowest BCUT2D eigenvalue weighted by molar-refractivity contribution is -0.140. The summed E-state index contributed by atoms with van der Waals surface area (Å²) in [5.41, 5.74) is 0.968. The fourth-order valence-electron chi connectivity index (χ4n) is 6.01. The summed E-state index contributed by atoms with van der Waals surface area (Å²) in [4.78, 5) is 51.0. The number of rotatable bonds is 2. The van der Waals surface area contributed by atoms with Gasteiger partial charge in [-0.2, -0.15) is 0 Å². The van der Waals surface area contributed by atoms with Crippen LogP contribution in [0, 0.1) is 17.8 Å². The number of allylic oxidation sites excluding steroid dienone is 2. The standard InChI is InChI=1S/C22H18BrCl3N2O5/c1-27-17(30)12-5-4-10-13(15(12)18(27)31)7-21(25)19(32)28(8-23)20(33)22(21,26)16(10)11-3-2-9(29)6-14(11)24/h2-4,6,12-13,15-16,29H,5,7-8H2,1H3. The van der Waals surface area contributed by atoms with Crippen molar-refractivity contribution in [2.45, 2.75) is 28.5 Å². The molecule has 0 bridgehead atoms. The molecule has 0 aromatic heterocycles. The summed E-state index contributed by atoms with van der Waals surface area (Å²) >= 11 is 23.8. The summed E-state index contributed by atoms with van der Waals surface area (Å²) < 4.78 is 0. The van der Waals surface area contributed by atoms with Crippen molar-refractivity contribution in [1.29, 1.82) is 0 Å². The minimum Gasteiger partial charge on any atom is -0.508 e. The van der Waals surface area contributed by atoms with Crippen LogP contribution in [0.15, 0.2) is 29.8 Å². The number of likely N-dealkylation sites (tertiary alicyclic amines) is 2. The Bertz CT molecular complexity index is 1170. The highest BCUT2D eigenvalue weighted by molar-refractivity contribution is 9.09. The van der Waals surface area contributed by atoms with E-state index in [1.165, 1.54) is 19.2 Å². The predicted octanol–water partition coefficient (Wildman–Crippen LogP) is 3.39. The molecule has 2 saturated heterocycles. The van der Waals surface area contributed by atoms with Gasteiger partial charge in [-0.3, -0.25) is 29.0 Å². The molecule has 0 spiro atoms. The third-order valence-corrected chi connectivity index (χ3v) is 9.77. The van der Waals surface area contributed by atoms with Crippen molar-refractivity contribution in [1.82, 2.24) is 9.80 Å². The van der Waals surface area contributed by atoms with E-state index in [9.17, 15) is 24.3 Å². The molecule has 2 aliphatic heterocycles.